The smallest absolute Gasteiger partial charge is 0.0941 e. The van der Waals surface area contributed by atoms with Crippen molar-refractivity contribution in [3.63, 3.8) is 0 Å². The number of quaternary nitrogens is 1. The number of aliphatic hydroxyl groups is 1. The first-order valence-corrected chi connectivity index (χ1v) is 7.23. The molecule has 2 heteroatoms. The summed E-state index contributed by atoms with van der Waals surface area (Å²) in [6.45, 7) is 2.72. The SMILES string of the molecule is C[N+]1([C@@H]2CC[C@H]3CC[C@H]2[C@H]3O)CCCCC1. The van der Waals surface area contributed by atoms with Crippen LogP contribution in [0, 0.1) is 11.8 Å². The molecule has 2 saturated carbocycles. The molecule has 2 aliphatic carbocycles. The average molecular weight is 224 g/mol. The van der Waals surface area contributed by atoms with Crippen LogP contribution in [-0.4, -0.2) is 41.9 Å². The molecule has 16 heavy (non-hydrogen) atoms. The summed E-state index contributed by atoms with van der Waals surface area (Å²) < 4.78 is 1.27. The highest BCUT2D eigenvalue weighted by Gasteiger charge is 2.50. The standard InChI is InChI=1S/C14H26NO/c1-15(9-3-2-4-10-15)13-8-6-11-5-7-12(13)14(11)16/h11-14,16H,2-10H2,1H3/q+1/t11-,12-,13-,14+/m1/s1. The number of hydrogen-bond donors (Lipinski definition) is 1. The third-order valence-electron chi connectivity index (χ3n) is 5.76. The summed E-state index contributed by atoms with van der Waals surface area (Å²) in [4.78, 5) is 0. The van der Waals surface area contributed by atoms with E-state index in [-0.39, 0.29) is 6.10 Å². The second-order valence-corrected chi connectivity index (χ2v) is 6.62. The van der Waals surface area contributed by atoms with Crippen LogP contribution in [0.4, 0.5) is 0 Å². The molecule has 1 saturated heterocycles. The first-order valence-electron chi connectivity index (χ1n) is 7.23. The van der Waals surface area contributed by atoms with E-state index < -0.39 is 0 Å². The van der Waals surface area contributed by atoms with E-state index in [0.717, 1.165) is 6.04 Å². The number of likely N-dealkylation sites (tertiary alicyclic amines) is 1. The third-order valence-corrected chi connectivity index (χ3v) is 5.76. The molecule has 4 atom stereocenters. The fourth-order valence-electron chi connectivity index (χ4n) is 4.77. The van der Waals surface area contributed by atoms with Gasteiger partial charge in [0.15, 0.2) is 0 Å². The number of rotatable bonds is 1. The minimum absolute atomic E-state index is 0.0376. The second kappa shape index (κ2) is 3.99. The van der Waals surface area contributed by atoms with Crippen molar-refractivity contribution in [3.8, 4) is 0 Å². The van der Waals surface area contributed by atoms with Gasteiger partial charge in [-0.15, -0.1) is 0 Å². The van der Waals surface area contributed by atoms with Crippen LogP contribution in [0.1, 0.15) is 44.9 Å². The van der Waals surface area contributed by atoms with Gasteiger partial charge in [-0.3, -0.25) is 0 Å². The summed E-state index contributed by atoms with van der Waals surface area (Å²) in [5.41, 5.74) is 0. The maximum absolute atomic E-state index is 10.3. The molecule has 0 aromatic heterocycles. The molecule has 0 aromatic rings. The Hall–Kier alpha value is -0.0800. The van der Waals surface area contributed by atoms with Gasteiger partial charge in [-0.25, -0.2) is 0 Å². The number of aliphatic hydroxyl groups excluding tert-OH is 1. The van der Waals surface area contributed by atoms with E-state index >= 15 is 0 Å². The zero-order valence-corrected chi connectivity index (χ0v) is 10.6. The highest BCUT2D eigenvalue weighted by Crippen LogP contribution is 2.46. The lowest BCUT2D eigenvalue weighted by molar-refractivity contribution is -0.942. The summed E-state index contributed by atoms with van der Waals surface area (Å²) in [6, 6.07) is 0.772. The summed E-state index contributed by atoms with van der Waals surface area (Å²) in [6.07, 6.45) is 9.52. The van der Waals surface area contributed by atoms with Gasteiger partial charge in [0.05, 0.1) is 32.3 Å². The molecule has 0 spiro atoms. The van der Waals surface area contributed by atoms with Gasteiger partial charge in [-0.05, 0) is 44.4 Å². The normalized spacial score (nSPS) is 46.9. The van der Waals surface area contributed by atoms with Gasteiger partial charge in [0.2, 0.25) is 0 Å². The number of nitrogens with zero attached hydrogens (tertiary/aromatic N) is 1. The predicted molar refractivity (Wildman–Crippen MR) is 65.0 cm³/mol. The van der Waals surface area contributed by atoms with E-state index in [4.69, 9.17) is 0 Å². The Morgan fingerprint density at radius 2 is 1.62 bits per heavy atom. The maximum Gasteiger partial charge on any atom is 0.0941 e. The van der Waals surface area contributed by atoms with E-state index in [1.807, 2.05) is 0 Å². The number of fused-ring (bicyclic) bond motifs is 2. The molecule has 0 unspecified atom stereocenters. The summed E-state index contributed by atoms with van der Waals surface area (Å²) in [5, 5.41) is 10.3. The molecule has 0 amide bonds. The Morgan fingerprint density at radius 3 is 2.38 bits per heavy atom. The van der Waals surface area contributed by atoms with Crippen LogP contribution in [0.3, 0.4) is 0 Å². The monoisotopic (exact) mass is 224 g/mol. The van der Waals surface area contributed by atoms with Gasteiger partial charge in [-0.2, -0.15) is 0 Å². The van der Waals surface area contributed by atoms with E-state index in [0.29, 0.717) is 11.8 Å². The van der Waals surface area contributed by atoms with Crippen LogP contribution in [0.2, 0.25) is 0 Å². The van der Waals surface area contributed by atoms with Crippen molar-refractivity contribution in [2.75, 3.05) is 20.1 Å². The van der Waals surface area contributed by atoms with Crippen molar-refractivity contribution in [3.05, 3.63) is 0 Å². The molecule has 1 heterocycles. The Morgan fingerprint density at radius 1 is 0.938 bits per heavy atom. The first-order chi connectivity index (χ1) is 7.71. The van der Waals surface area contributed by atoms with Crippen LogP contribution in [0.15, 0.2) is 0 Å². The largest absolute Gasteiger partial charge is 0.392 e. The predicted octanol–water partition coefficient (Wildman–Crippen LogP) is 2.17. The minimum atomic E-state index is 0.0376. The molecule has 3 fully saturated rings. The Bertz CT molecular complexity index is 259. The van der Waals surface area contributed by atoms with Gasteiger partial charge in [0, 0.05) is 12.3 Å². The third kappa shape index (κ3) is 1.62. The maximum atomic E-state index is 10.3. The molecule has 2 bridgehead atoms. The molecule has 92 valence electrons. The van der Waals surface area contributed by atoms with Gasteiger partial charge < -0.3 is 9.59 Å². The lowest BCUT2D eigenvalue weighted by Gasteiger charge is -2.49. The van der Waals surface area contributed by atoms with Crippen molar-refractivity contribution in [2.45, 2.75) is 57.1 Å². The lowest BCUT2D eigenvalue weighted by atomic mass is 9.80. The van der Waals surface area contributed by atoms with Gasteiger partial charge in [0.25, 0.3) is 0 Å². The summed E-state index contributed by atoms with van der Waals surface area (Å²) in [5.74, 6) is 1.28. The molecule has 2 nitrogen and oxygen atoms in total. The minimum Gasteiger partial charge on any atom is -0.392 e. The van der Waals surface area contributed by atoms with Crippen LogP contribution < -0.4 is 0 Å². The molecular formula is C14H26NO+. The highest BCUT2D eigenvalue weighted by molar-refractivity contribution is 4.94. The molecule has 1 N–H and O–H groups in total. The first kappa shape index (κ1) is 11.0. The molecule has 3 rings (SSSR count). The van der Waals surface area contributed by atoms with Crippen molar-refractivity contribution < 1.29 is 9.59 Å². The van der Waals surface area contributed by atoms with Gasteiger partial charge in [-0.1, -0.05) is 0 Å². The fraction of sp³-hybridized carbons (Fsp3) is 1.00. The number of hydrogen-bond acceptors (Lipinski definition) is 1. The quantitative estimate of drug-likeness (QED) is 0.677. The molecule has 1 aliphatic heterocycles. The summed E-state index contributed by atoms with van der Waals surface area (Å²) >= 11 is 0. The zero-order valence-electron chi connectivity index (χ0n) is 10.6. The molecule has 3 aliphatic rings. The van der Waals surface area contributed by atoms with Crippen molar-refractivity contribution in [2.24, 2.45) is 11.8 Å². The zero-order chi connectivity index (χ0) is 11.2. The van der Waals surface area contributed by atoms with Gasteiger partial charge in [0.1, 0.15) is 0 Å². The lowest BCUT2D eigenvalue weighted by Crippen LogP contribution is -2.60. The van der Waals surface area contributed by atoms with Crippen molar-refractivity contribution in [1.82, 2.24) is 0 Å². The van der Waals surface area contributed by atoms with Crippen LogP contribution in [0.5, 0.6) is 0 Å². The molecular weight excluding hydrogens is 198 g/mol. The van der Waals surface area contributed by atoms with Crippen LogP contribution >= 0.6 is 0 Å². The Balaban J connectivity index is 1.78. The van der Waals surface area contributed by atoms with Crippen molar-refractivity contribution >= 4 is 0 Å². The summed E-state index contributed by atoms with van der Waals surface area (Å²) in [7, 11) is 2.45. The average Bonchev–Trinajstić information content (AvgIpc) is 2.53. The molecule has 0 radical (unpaired) electrons. The number of piperidine rings is 1. The second-order valence-electron chi connectivity index (χ2n) is 6.62. The topological polar surface area (TPSA) is 20.2 Å². The van der Waals surface area contributed by atoms with Crippen LogP contribution in [0.25, 0.3) is 0 Å². The van der Waals surface area contributed by atoms with Crippen LogP contribution in [-0.2, 0) is 0 Å². The van der Waals surface area contributed by atoms with E-state index in [1.54, 1.807) is 0 Å². The van der Waals surface area contributed by atoms with E-state index in [2.05, 4.69) is 7.05 Å². The fourth-order valence-corrected chi connectivity index (χ4v) is 4.77. The van der Waals surface area contributed by atoms with E-state index in [9.17, 15) is 5.11 Å². The highest BCUT2D eigenvalue weighted by atomic mass is 16.3. The van der Waals surface area contributed by atoms with E-state index in [1.165, 1.54) is 62.5 Å². The van der Waals surface area contributed by atoms with Crippen molar-refractivity contribution in [1.29, 1.82) is 0 Å². The Kier molecular flexibility index (Phi) is 2.75. The Labute approximate surface area is 99.2 Å². The molecule has 0 aromatic carbocycles. The van der Waals surface area contributed by atoms with Gasteiger partial charge >= 0.3 is 0 Å².